The molecule has 0 bridgehead atoms. The van der Waals surface area contributed by atoms with Gasteiger partial charge in [-0.2, -0.15) is 0 Å². The summed E-state index contributed by atoms with van der Waals surface area (Å²) < 4.78 is 10.5. The van der Waals surface area contributed by atoms with Gasteiger partial charge in [0, 0.05) is 37.8 Å². The summed E-state index contributed by atoms with van der Waals surface area (Å²) >= 11 is 0. The van der Waals surface area contributed by atoms with Crippen LogP contribution in [0.4, 0.5) is 5.69 Å². The smallest absolute Gasteiger partial charge is 0.223 e. The second kappa shape index (κ2) is 10.9. The maximum absolute atomic E-state index is 12.4. The highest BCUT2D eigenvalue weighted by Gasteiger charge is 2.22. The number of nitrogens with one attached hydrogen (secondary N) is 1. The molecule has 3 N–H and O–H groups in total. The summed E-state index contributed by atoms with van der Waals surface area (Å²) in [6.45, 7) is 1.88. The lowest BCUT2D eigenvalue weighted by atomic mass is 10.1. The molecule has 2 aromatic carbocycles. The minimum absolute atomic E-state index is 0. The number of halogens is 1. The largest absolute Gasteiger partial charge is 0.493 e. The third-order valence-electron chi connectivity index (χ3n) is 4.68. The number of carbonyl (C=O) groups excluding carboxylic acids is 1. The van der Waals surface area contributed by atoms with E-state index in [0.717, 1.165) is 5.69 Å². The molecular weight excluding hydrogens is 483 g/mol. The zero-order valence-corrected chi connectivity index (χ0v) is 19.0. The van der Waals surface area contributed by atoms with Crippen LogP contribution in [-0.4, -0.2) is 37.5 Å². The van der Waals surface area contributed by atoms with E-state index in [1.807, 2.05) is 23.1 Å². The summed E-state index contributed by atoms with van der Waals surface area (Å²) in [5, 5.41) is 3.02. The average Bonchev–Trinajstić information content (AvgIpc) is 3.15. The van der Waals surface area contributed by atoms with Gasteiger partial charge < -0.3 is 25.4 Å². The molecule has 0 saturated carbocycles. The van der Waals surface area contributed by atoms with Crippen molar-refractivity contribution >= 4 is 41.5 Å². The SMILES string of the molecule is COc1ccc(NC(N)=NCCCC(=O)N2Cc3ccccc3C2)cc1OC.I. The Labute approximate surface area is 188 Å². The molecule has 3 rings (SSSR count). The molecule has 0 atom stereocenters. The van der Waals surface area contributed by atoms with Gasteiger partial charge in [-0.25, -0.2) is 0 Å². The van der Waals surface area contributed by atoms with E-state index in [-0.39, 0.29) is 29.9 Å². The fourth-order valence-corrected chi connectivity index (χ4v) is 3.20. The topological polar surface area (TPSA) is 89.2 Å². The number of nitrogens with two attached hydrogens (primary N) is 1. The van der Waals surface area contributed by atoms with Crippen molar-refractivity contribution in [3.05, 3.63) is 53.6 Å². The molecule has 8 heteroatoms. The number of rotatable bonds is 7. The zero-order chi connectivity index (χ0) is 19.9. The summed E-state index contributed by atoms with van der Waals surface area (Å²) in [4.78, 5) is 18.6. The van der Waals surface area contributed by atoms with Gasteiger partial charge in [0.1, 0.15) is 0 Å². The first-order valence-corrected chi connectivity index (χ1v) is 9.24. The Morgan fingerprint density at radius 1 is 1.10 bits per heavy atom. The standard InChI is InChI=1S/C21H26N4O3.HI/c1-27-18-10-9-17(12-19(18)28-2)24-21(22)23-11-5-8-20(26)25-13-15-6-3-4-7-16(15)14-25;/h3-4,6-7,9-10,12H,5,8,11,13-14H2,1-2H3,(H3,22,23,24);1H. The van der Waals surface area contributed by atoms with Crippen LogP contribution in [0.15, 0.2) is 47.5 Å². The molecule has 156 valence electrons. The van der Waals surface area contributed by atoms with Crippen LogP contribution in [0.3, 0.4) is 0 Å². The van der Waals surface area contributed by atoms with Crippen molar-refractivity contribution in [1.82, 2.24) is 4.90 Å². The van der Waals surface area contributed by atoms with Crippen molar-refractivity contribution < 1.29 is 14.3 Å². The number of aliphatic imine (C=N–C) groups is 1. The average molecular weight is 510 g/mol. The minimum atomic E-state index is 0. The molecule has 2 aromatic rings. The maximum Gasteiger partial charge on any atom is 0.223 e. The van der Waals surface area contributed by atoms with Crippen LogP contribution in [0.25, 0.3) is 0 Å². The lowest BCUT2D eigenvalue weighted by Gasteiger charge is -2.15. The van der Waals surface area contributed by atoms with E-state index in [2.05, 4.69) is 22.4 Å². The van der Waals surface area contributed by atoms with Crippen LogP contribution in [0.1, 0.15) is 24.0 Å². The molecule has 1 aliphatic heterocycles. The van der Waals surface area contributed by atoms with Crippen LogP contribution in [-0.2, 0) is 17.9 Å². The highest BCUT2D eigenvalue weighted by molar-refractivity contribution is 14.0. The van der Waals surface area contributed by atoms with Crippen molar-refractivity contribution in [2.24, 2.45) is 10.7 Å². The van der Waals surface area contributed by atoms with Crippen LogP contribution >= 0.6 is 24.0 Å². The molecule has 0 saturated heterocycles. The Hall–Kier alpha value is -2.49. The van der Waals surface area contributed by atoms with E-state index in [4.69, 9.17) is 15.2 Å². The Balaban J connectivity index is 0.00000300. The molecule has 1 aliphatic rings. The van der Waals surface area contributed by atoms with Crippen LogP contribution in [0, 0.1) is 0 Å². The zero-order valence-electron chi connectivity index (χ0n) is 16.7. The fraction of sp³-hybridized carbons (Fsp3) is 0.333. The number of fused-ring (bicyclic) bond motifs is 1. The minimum Gasteiger partial charge on any atom is -0.493 e. The number of hydrogen-bond acceptors (Lipinski definition) is 4. The number of amides is 1. The summed E-state index contributed by atoms with van der Waals surface area (Å²) in [6, 6.07) is 13.6. The number of nitrogens with zero attached hydrogens (tertiary/aromatic N) is 2. The molecule has 0 aliphatic carbocycles. The van der Waals surface area contributed by atoms with E-state index in [1.165, 1.54) is 11.1 Å². The number of hydrogen-bond donors (Lipinski definition) is 2. The molecule has 29 heavy (non-hydrogen) atoms. The second-order valence-corrected chi connectivity index (χ2v) is 6.58. The van der Waals surface area contributed by atoms with Gasteiger partial charge in [0.2, 0.25) is 5.91 Å². The molecule has 0 radical (unpaired) electrons. The molecule has 1 amide bonds. The Kier molecular flexibility index (Phi) is 8.56. The van der Waals surface area contributed by atoms with Crippen LogP contribution < -0.4 is 20.5 Å². The summed E-state index contributed by atoms with van der Waals surface area (Å²) in [6.07, 6.45) is 1.11. The van der Waals surface area contributed by atoms with Gasteiger partial charge in [-0.05, 0) is 29.7 Å². The maximum atomic E-state index is 12.4. The molecule has 0 unspecified atom stereocenters. The van der Waals surface area contributed by atoms with Gasteiger partial charge in [-0.1, -0.05) is 24.3 Å². The Morgan fingerprint density at radius 2 is 1.76 bits per heavy atom. The number of guanidine groups is 1. The predicted octanol–water partition coefficient (Wildman–Crippen LogP) is 3.37. The molecule has 7 nitrogen and oxygen atoms in total. The van der Waals surface area contributed by atoms with Crippen LogP contribution in [0.2, 0.25) is 0 Å². The van der Waals surface area contributed by atoms with E-state index in [1.54, 1.807) is 26.4 Å². The van der Waals surface area contributed by atoms with Gasteiger partial charge >= 0.3 is 0 Å². The normalized spacial score (nSPS) is 12.8. The lowest BCUT2D eigenvalue weighted by Crippen LogP contribution is -2.25. The van der Waals surface area contributed by atoms with E-state index < -0.39 is 0 Å². The number of anilines is 1. The quantitative estimate of drug-likeness (QED) is 0.258. The number of carbonyl (C=O) groups is 1. The Bertz CT molecular complexity index is 848. The predicted molar refractivity (Wildman–Crippen MR) is 125 cm³/mol. The van der Waals surface area contributed by atoms with E-state index in [0.29, 0.717) is 49.9 Å². The lowest BCUT2D eigenvalue weighted by molar-refractivity contribution is -0.131. The summed E-state index contributed by atoms with van der Waals surface area (Å²) in [7, 11) is 3.16. The van der Waals surface area contributed by atoms with Gasteiger partial charge in [-0.15, -0.1) is 24.0 Å². The van der Waals surface area contributed by atoms with Crippen molar-refractivity contribution in [2.75, 3.05) is 26.1 Å². The first-order chi connectivity index (χ1) is 13.6. The fourth-order valence-electron chi connectivity index (χ4n) is 3.20. The number of methoxy groups -OCH3 is 2. The van der Waals surface area contributed by atoms with E-state index >= 15 is 0 Å². The molecule has 0 aromatic heterocycles. The van der Waals surface area contributed by atoms with Crippen molar-refractivity contribution in [2.45, 2.75) is 25.9 Å². The van der Waals surface area contributed by atoms with Gasteiger partial charge in [-0.3, -0.25) is 9.79 Å². The van der Waals surface area contributed by atoms with Gasteiger partial charge in [0.25, 0.3) is 0 Å². The van der Waals surface area contributed by atoms with Crippen molar-refractivity contribution in [1.29, 1.82) is 0 Å². The Morgan fingerprint density at radius 3 is 2.38 bits per heavy atom. The first-order valence-electron chi connectivity index (χ1n) is 9.24. The van der Waals surface area contributed by atoms with Crippen LogP contribution in [0.5, 0.6) is 11.5 Å². The molecule has 1 heterocycles. The highest BCUT2D eigenvalue weighted by Crippen LogP contribution is 2.29. The monoisotopic (exact) mass is 510 g/mol. The first kappa shape index (κ1) is 22.8. The van der Waals surface area contributed by atoms with Crippen molar-refractivity contribution in [3.63, 3.8) is 0 Å². The third kappa shape index (κ3) is 5.99. The molecular formula is C21H27IN4O3. The number of ether oxygens (including phenoxy) is 2. The van der Waals surface area contributed by atoms with Crippen molar-refractivity contribution in [3.8, 4) is 11.5 Å². The van der Waals surface area contributed by atoms with Gasteiger partial charge in [0.05, 0.1) is 14.2 Å². The van der Waals surface area contributed by atoms with Gasteiger partial charge in [0.15, 0.2) is 17.5 Å². The summed E-state index contributed by atoms with van der Waals surface area (Å²) in [5.74, 6) is 1.70. The van der Waals surface area contributed by atoms with E-state index in [9.17, 15) is 4.79 Å². The number of benzene rings is 2. The second-order valence-electron chi connectivity index (χ2n) is 6.58. The summed E-state index contributed by atoms with van der Waals surface area (Å²) in [5.41, 5.74) is 9.16. The molecule has 0 spiro atoms. The molecule has 0 fully saturated rings. The third-order valence-corrected chi connectivity index (χ3v) is 4.68. The highest BCUT2D eigenvalue weighted by atomic mass is 127.